The van der Waals surface area contributed by atoms with Crippen molar-refractivity contribution in [3.63, 3.8) is 0 Å². The van der Waals surface area contributed by atoms with Gasteiger partial charge in [0.25, 0.3) is 0 Å². The molecule has 0 unspecified atom stereocenters. The minimum atomic E-state index is -3.63. The summed E-state index contributed by atoms with van der Waals surface area (Å²) in [6, 6.07) is 11.3. The molecule has 2 N–H and O–H groups in total. The van der Waals surface area contributed by atoms with Crippen LogP contribution in [0.2, 0.25) is 0 Å². The van der Waals surface area contributed by atoms with Crippen molar-refractivity contribution in [1.29, 1.82) is 0 Å². The van der Waals surface area contributed by atoms with E-state index in [0.717, 1.165) is 22.4 Å². The van der Waals surface area contributed by atoms with Gasteiger partial charge in [0, 0.05) is 22.4 Å². The number of sulfone groups is 1. The van der Waals surface area contributed by atoms with E-state index in [1.165, 1.54) is 23.0 Å². The molecule has 3 aromatic rings. The van der Waals surface area contributed by atoms with Crippen LogP contribution in [0.15, 0.2) is 58.0 Å². The van der Waals surface area contributed by atoms with Crippen LogP contribution < -0.4 is 5.73 Å². The summed E-state index contributed by atoms with van der Waals surface area (Å²) in [5.74, 6) is -0.828. The van der Waals surface area contributed by atoms with Crippen molar-refractivity contribution in [1.82, 2.24) is 9.78 Å². The van der Waals surface area contributed by atoms with E-state index in [1.54, 1.807) is 0 Å². The van der Waals surface area contributed by atoms with Gasteiger partial charge in [-0.2, -0.15) is 5.10 Å². The first-order chi connectivity index (χ1) is 11.3. The number of nitrogens with two attached hydrogens (primary N) is 1. The molecule has 8 heteroatoms. The number of hydrogen-bond acceptors (Lipinski definition) is 4. The lowest BCUT2D eigenvalue weighted by molar-refractivity contribution is 0.569. The third-order valence-electron chi connectivity index (χ3n) is 3.47. The monoisotopic (exact) mass is 409 g/mol. The zero-order chi connectivity index (χ0) is 17.5. The Morgan fingerprint density at radius 3 is 2.42 bits per heavy atom. The van der Waals surface area contributed by atoms with Gasteiger partial charge in [0.1, 0.15) is 10.7 Å². The molecule has 0 bridgehead atoms. The van der Waals surface area contributed by atoms with E-state index in [4.69, 9.17) is 5.73 Å². The molecule has 0 aliphatic heterocycles. The van der Waals surface area contributed by atoms with Gasteiger partial charge in [-0.3, -0.25) is 0 Å². The number of nitrogen functional groups attached to an aromatic ring is 1. The number of benzene rings is 2. The summed E-state index contributed by atoms with van der Waals surface area (Å²) in [5.41, 5.74) is 8.23. The molecular formula is C16H13BrFN3O2S. The normalized spacial score (nSPS) is 11.6. The highest BCUT2D eigenvalue weighted by molar-refractivity contribution is 9.10. The SMILES string of the molecule is CS(=O)(=O)c1ccc(-n2ncc(N)c2-c2ccc(Br)cc2)cc1F. The highest BCUT2D eigenvalue weighted by Crippen LogP contribution is 2.30. The predicted octanol–water partition coefficient (Wildman–Crippen LogP) is 3.43. The topological polar surface area (TPSA) is 78.0 Å². The van der Waals surface area contributed by atoms with Gasteiger partial charge in [-0.25, -0.2) is 17.5 Å². The molecule has 2 aromatic carbocycles. The maximum absolute atomic E-state index is 14.2. The Kier molecular flexibility index (Phi) is 4.18. The fourth-order valence-corrected chi connectivity index (χ4v) is 3.37. The number of anilines is 1. The van der Waals surface area contributed by atoms with E-state index >= 15 is 0 Å². The lowest BCUT2D eigenvalue weighted by atomic mass is 10.1. The van der Waals surface area contributed by atoms with Crippen LogP contribution in [0.4, 0.5) is 10.1 Å². The average molecular weight is 410 g/mol. The summed E-state index contributed by atoms with van der Waals surface area (Å²) in [4.78, 5) is -0.350. The van der Waals surface area contributed by atoms with Crippen molar-refractivity contribution in [2.75, 3.05) is 12.0 Å². The first kappa shape index (κ1) is 16.7. The number of rotatable bonds is 3. The molecule has 0 radical (unpaired) electrons. The minimum absolute atomic E-state index is 0.350. The molecule has 124 valence electrons. The van der Waals surface area contributed by atoms with Crippen molar-refractivity contribution < 1.29 is 12.8 Å². The van der Waals surface area contributed by atoms with Crippen molar-refractivity contribution in [3.8, 4) is 16.9 Å². The molecule has 0 spiro atoms. The number of aromatic nitrogens is 2. The van der Waals surface area contributed by atoms with E-state index < -0.39 is 15.7 Å². The zero-order valence-electron chi connectivity index (χ0n) is 12.6. The lowest BCUT2D eigenvalue weighted by Gasteiger charge is -2.10. The van der Waals surface area contributed by atoms with Crippen LogP contribution in [0.1, 0.15) is 0 Å². The summed E-state index contributed by atoms with van der Waals surface area (Å²) in [5, 5.41) is 4.18. The Morgan fingerprint density at radius 2 is 1.83 bits per heavy atom. The van der Waals surface area contributed by atoms with Crippen LogP contribution in [0.3, 0.4) is 0 Å². The van der Waals surface area contributed by atoms with Crippen molar-refractivity contribution in [2.24, 2.45) is 0 Å². The molecular weight excluding hydrogens is 397 g/mol. The van der Waals surface area contributed by atoms with Crippen LogP contribution in [-0.2, 0) is 9.84 Å². The molecule has 0 atom stereocenters. The second-order valence-electron chi connectivity index (χ2n) is 5.25. The van der Waals surface area contributed by atoms with E-state index in [0.29, 0.717) is 17.1 Å². The predicted molar refractivity (Wildman–Crippen MR) is 94.2 cm³/mol. The van der Waals surface area contributed by atoms with Gasteiger partial charge in [0.05, 0.1) is 23.3 Å². The second kappa shape index (κ2) is 6.03. The Labute approximate surface area is 147 Å². The van der Waals surface area contributed by atoms with Gasteiger partial charge < -0.3 is 5.73 Å². The maximum atomic E-state index is 14.2. The van der Waals surface area contributed by atoms with Crippen LogP contribution in [0.25, 0.3) is 16.9 Å². The highest BCUT2D eigenvalue weighted by Gasteiger charge is 2.17. The van der Waals surface area contributed by atoms with Gasteiger partial charge in [-0.15, -0.1) is 0 Å². The Balaban J connectivity index is 2.15. The number of hydrogen-bond donors (Lipinski definition) is 1. The smallest absolute Gasteiger partial charge is 0.178 e. The van der Waals surface area contributed by atoms with Gasteiger partial charge in [0.2, 0.25) is 0 Å². The lowest BCUT2D eigenvalue weighted by Crippen LogP contribution is -2.05. The molecule has 5 nitrogen and oxygen atoms in total. The summed E-state index contributed by atoms with van der Waals surface area (Å²) in [6.45, 7) is 0. The number of nitrogens with zero attached hydrogens (tertiary/aromatic N) is 2. The first-order valence-corrected chi connectivity index (χ1v) is 9.55. The Hall–Kier alpha value is -2.19. The molecule has 24 heavy (non-hydrogen) atoms. The summed E-state index contributed by atoms with van der Waals surface area (Å²) >= 11 is 3.37. The second-order valence-corrected chi connectivity index (χ2v) is 8.15. The van der Waals surface area contributed by atoms with Crippen molar-refractivity contribution >= 4 is 31.5 Å². The fourth-order valence-electron chi connectivity index (χ4n) is 2.38. The molecule has 1 aromatic heterocycles. The van der Waals surface area contributed by atoms with Crippen LogP contribution in [0.5, 0.6) is 0 Å². The molecule has 3 rings (SSSR count). The van der Waals surface area contributed by atoms with Crippen molar-refractivity contribution in [2.45, 2.75) is 4.90 Å². The number of halogens is 2. The Morgan fingerprint density at radius 1 is 1.17 bits per heavy atom. The summed E-state index contributed by atoms with van der Waals surface area (Å²) in [6.07, 6.45) is 2.43. The van der Waals surface area contributed by atoms with Crippen LogP contribution in [0, 0.1) is 5.82 Å². The van der Waals surface area contributed by atoms with E-state index in [1.807, 2.05) is 24.3 Å². The van der Waals surface area contributed by atoms with Gasteiger partial charge in [-0.05, 0) is 24.3 Å². The quantitative estimate of drug-likeness (QED) is 0.718. The molecule has 0 aliphatic rings. The van der Waals surface area contributed by atoms with Crippen LogP contribution in [-0.4, -0.2) is 24.5 Å². The first-order valence-electron chi connectivity index (χ1n) is 6.87. The van der Waals surface area contributed by atoms with E-state index in [2.05, 4.69) is 21.0 Å². The molecule has 0 saturated heterocycles. The van der Waals surface area contributed by atoms with Gasteiger partial charge in [-0.1, -0.05) is 28.1 Å². The third kappa shape index (κ3) is 3.07. The Bertz CT molecular complexity index is 1010. The minimum Gasteiger partial charge on any atom is -0.396 e. The van der Waals surface area contributed by atoms with Crippen LogP contribution >= 0.6 is 15.9 Å². The van der Waals surface area contributed by atoms with E-state index in [9.17, 15) is 12.8 Å². The summed E-state index contributed by atoms with van der Waals surface area (Å²) < 4.78 is 39.6. The standard InChI is InChI=1S/C16H13BrFN3O2S/c1-24(22,23)15-7-6-12(8-13(15)18)21-16(14(19)9-20-21)10-2-4-11(17)5-3-10/h2-9H,19H2,1H3. The maximum Gasteiger partial charge on any atom is 0.178 e. The molecule has 0 amide bonds. The molecule has 1 heterocycles. The average Bonchev–Trinajstić information content (AvgIpc) is 2.88. The van der Waals surface area contributed by atoms with E-state index in [-0.39, 0.29) is 4.90 Å². The summed E-state index contributed by atoms with van der Waals surface area (Å²) in [7, 11) is -3.63. The third-order valence-corrected chi connectivity index (χ3v) is 5.13. The molecule has 0 fully saturated rings. The molecule has 0 saturated carbocycles. The van der Waals surface area contributed by atoms with Crippen molar-refractivity contribution in [3.05, 3.63) is 59.0 Å². The fraction of sp³-hybridized carbons (Fsp3) is 0.0625. The zero-order valence-corrected chi connectivity index (χ0v) is 15.0. The molecule has 0 aliphatic carbocycles. The van der Waals surface area contributed by atoms with Gasteiger partial charge >= 0.3 is 0 Å². The largest absolute Gasteiger partial charge is 0.396 e. The van der Waals surface area contributed by atoms with Gasteiger partial charge in [0.15, 0.2) is 9.84 Å². The highest BCUT2D eigenvalue weighted by atomic mass is 79.9.